The summed E-state index contributed by atoms with van der Waals surface area (Å²) < 4.78 is 24.3. The topological polar surface area (TPSA) is 44.5 Å². The average Bonchev–Trinajstić information content (AvgIpc) is 2.34. The summed E-state index contributed by atoms with van der Waals surface area (Å²) in [6, 6.07) is 4.18. The van der Waals surface area contributed by atoms with E-state index in [1.54, 1.807) is 7.11 Å². The molecule has 0 aliphatic heterocycles. The maximum Gasteiger partial charge on any atom is 0.145 e. The third kappa shape index (κ3) is 2.88. The molecule has 2 rings (SSSR count). The Morgan fingerprint density at radius 3 is 2.65 bits per heavy atom. The van der Waals surface area contributed by atoms with Crippen LogP contribution < -0.4 is 10.5 Å². The summed E-state index contributed by atoms with van der Waals surface area (Å²) in [5.41, 5.74) is 6.23. The number of anilines is 1. The van der Waals surface area contributed by atoms with Gasteiger partial charge in [0.05, 0.1) is 11.8 Å². The van der Waals surface area contributed by atoms with Gasteiger partial charge in [0.2, 0.25) is 0 Å². The van der Waals surface area contributed by atoms with Gasteiger partial charge in [-0.25, -0.2) is 4.39 Å². The molecule has 0 radical (unpaired) electrons. The van der Waals surface area contributed by atoms with E-state index < -0.39 is 0 Å². The molecule has 4 heteroatoms. The number of rotatable bonds is 3. The third-order valence-corrected chi connectivity index (χ3v) is 3.20. The SMILES string of the molecule is CO[C@H]1CCCC[C@@H]1Oc1cc(F)ccc1N. The van der Waals surface area contributed by atoms with Gasteiger partial charge in [0.15, 0.2) is 0 Å². The zero-order chi connectivity index (χ0) is 12.3. The summed E-state index contributed by atoms with van der Waals surface area (Å²) in [6.07, 6.45) is 4.21. The molecule has 1 aliphatic carbocycles. The Balaban J connectivity index is 2.10. The molecule has 0 aromatic heterocycles. The number of benzene rings is 1. The highest BCUT2D eigenvalue weighted by molar-refractivity contribution is 5.52. The zero-order valence-electron chi connectivity index (χ0n) is 9.99. The van der Waals surface area contributed by atoms with Crippen molar-refractivity contribution in [2.45, 2.75) is 37.9 Å². The van der Waals surface area contributed by atoms with E-state index in [-0.39, 0.29) is 18.0 Å². The van der Waals surface area contributed by atoms with E-state index in [0.717, 1.165) is 25.7 Å². The quantitative estimate of drug-likeness (QED) is 0.825. The van der Waals surface area contributed by atoms with Gasteiger partial charge in [-0.1, -0.05) is 6.42 Å². The molecule has 0 saturated heterocycles. The molecule has 0 heterocycles. The van der Waals surface area contributed by atoms with Crippen LogP contribution in [0, 0.1) is 5.82 Å². The molecule has 1 aliphatic rings. The lowest BCUT2D eigenvalue weighted by atomic mass is 9.94. The minimum Gasteiger partial charge on any atom is -0.485 e. The first kappa shape index (κ1) is 12.2. The van der Waals surface area contributed by atoms with Gasteiger partial charge in [-0.15, -0.1) is 0 Å². The Morgan fingerprint density at radius 2 is 1.94 bits per heavy atom. The molecule has 0 unspecified atom stereocenters. The first-order chi connectivity index (χ1) is 8.20. The van der Waals surface area contributed by atoms with Crippen molar-refractivity contribution >= 4 is 5.69 Å². The summed E-state index contributed by atoms with van der Waals surface area (Å²) in [5.74, 6) is 0.0814. The molecule has 1 aromatic rings. The van der Waals surface area contributed by atoms with Crippen LogP contribution in [0.3, 0.4) is 0 Å². The van der Waals surface area contributed by atoms with Crippen molar-refractivity contribution in [1.29, 1.82) is 0 Å². The Labute approximate surface area is 101 Å². The van der Waals surface area contributed by atoms with Gasteiger partial charge in [-0.05, 0) is 31.4 Å². The maximum atomic E-state index is 13.1. The molecule has 1 fully saturated rings. The molecule has 17 heavy (non-hydrogen) atoms. The molecule has 0 spiro atoms. The fourth-order valence-electron chi connectivity index (χ4n) is 2.24. The lowest BCUT2D eigenvalue weighted by molar-refractivity contribution is -0.0227. The predicted molar refractivity (Wildman–Crippen MR) is 64.5 cm³/mol. The molecule has 2 N–H and O–H groups in total. The monoisotopic (exact) mass is 239 g/mol. The van der Waals surface area contributed by atoms with Crippen LogP contribution in [0.4, 0.5) is 10.1 Å². The number of ether oxygens (including phenoxy) is 2. The van der Waals surface area contributed by atoms with Crippen LogP contribution in [0.2, 0.25) is 0 Å². The Bertz CT molecular complexity index is 384. The van der Waals surface area contributed by atoms with Crippen LogP contribution in [0.25, 0.3) is 0 Å². The molecule has 1 saturated carbocycles. The molecular weight excluding hydrogens is 221 g/mol. The second-order valence-corrected chi connectivity index (χ2v) is 4.40. The van der Waals surface area contributed by atoms with Crippen LogP contribution in [0.5, 0.6) is 5.75 Å². The van der Waals surface area contributed by atoms with Gasteiger partial charge in [0.1, 0.15) is 17.7 Å². The lowest BCUT2D eigenvalue weighted by Gasteiger charge is -2.31. The fraction of sp³-hybridized carbons (Fsp3) is 0.538. The summed E-state index contributed by atoms with van der Waals surface area (Å²) in [6.45, 7) is 0. The second-order valence-electron chi connectivity index (χ2n) is 4.40. The van der Waals surface area contributed by atoms with Crippen molar-refractivity contribution < 1.29 is 13.9 Å². The molecule has 94 valence electrons. The van der Waals surface area contributed by atoms with Crippen LogP contribution in [0.1, 0.15) is 25.7 Å². The first-order valence-electron chi connectivity index (χ1n) is 5.95. The van der Waals surface area contributed by atoms with Gasteiger partial charge >= 0.3 is 0 Å². The van der Waals surface area contributed by atoms with Crippen LogP contribution in [-0.4, -0.2) is 19.3 Å². The molecular formula is C13H18FNO2. The van der Waals surface area contributed by atoms with Gasteiger partial charge in [-0.3, -0.25) is 0 Å². The normalized spacial score (nSPS) is 24.6. The molecule has 0 bridgehead atoms. The number of nitrogen functional groups attached to an aromatic ring is 1. The van der Waals surface area contributed by atoms with Crippen molar-refractivity contribution in [2.75, 3.05) is 12.8 Å². The van der Waals surface area contributed by atoms with Crippen molar-refractivity contribution in [3.63, 3.8) is 0 Å². The van der Waals surface area contributed by atoms with E-state index in [4.69, 9.17) is 15.2 Å². The summed E-state index contributed by atoms with van der Waals surface area (Å²) in [5, 5.41) is 0. The van der Waals surface area contributed by atoms with Gasteiger partial charge in [0, 0.05) is 13.2 Å². The van der Waals surface area contributed by atoms with Crippen molar-refractivity contribution in [3.05, 3.63) is 24.0 Å². The van der Waals surface area contributed by atoms with E-state index in [2.05, 4.69) is 0 Å². The van der Waals surface area contributed by atoms with E-state index in [0.29, 0.717) is 11.4 Å². The second kappa shape index (κ2) is 5.36. The van der Waals surface area contributed by atoms with Gasteiger partial charge in [-0.2, -0.15) is 0 Å². The smallest absolute Gasteiger partial charge is 0.145 e. The van der Waals surface area contributed by atoms with Crippen molar-refractivity contribution in [3.8, 4) is 5.75 Å². The van der Waals surface area contributed by atoms with Gasteiger partial charge < -0.3 is 15.2 Å². The highest BCUT2D eigenvalue weighted by atomic mass is 19.1. The summed E-state index contributed by atoms with van der Waals surface area (Å²) in [7, 11) is 1.68. The number of nitrogens with two attached hydrogens (primary N) is 1. The minimum atomic E-state index is -0.334. The number of halogens is 1. The van der Waals surface area contributed by atoms with Crippen LogP contribution in [0.15, 0.2) is 18.2 Å². The standard InChI is InChI=1S/C13H18FNO2/c1-16-11-4-2-3-5-12(11)17-13-8-9(14)6-7-10(13)15/h6-8,11-12H,2-5,15H2,1H3/t11-,12-/m0/s1. The average molecular weight is 239 g/mol. The number of methoxy groups -OCH3 is 1. The largest absolute Gasteiger partial charge is 0.485 e. The van der Waals surface area contributed by atoms with E-state index in [1.807, 2.05) is 0 Å². The Morgan fingerprint density at radius 1 is 1.24 bits per heavy atom. The van der Waals surface area contributed by atoms with Crippen molar-refractivity contribution in [2.24, 2.45) is 0 Å². The molecule has 2 atom stereocenters. The summed E-state index contributed by atoms with van der Waals surface area (Å²) in [4.78, 5) is 0. The Hall–Kier alpha value is -1.29. The highest BCUT2D eigenvalue weighted by Crippen LogP contribution is 2.29. The predicted octanol–water partition coefficient (Wildman–Crippen LogP) is 2.74. The number of hydrogen-bond acceptors (Lipinski definition) is 3. The summed E-state index contributed by atoms with van der Waals surface area (Å²) >= 11 is 0. The number of hydrogen-bond donors (Lipinski definition) is 1. The highest BCUT2D eigenvalue weighted by Gasteiger charge is 2.27. The molecule has 0 amide bonds. The Kier molecular flexibility index (Phi) is 3.84. The van der Waals surface area contributed by atoms with Crippen LogP contribution >= 0.6 is 0 Å². The third-order valence-electron chi connectivity index (χ3n) is 3.20. The lowest BCUT2D eigenvalue weighted by Crippen LogP contribution is -2.36. The molecule has 1 aromatic carbocycles. The molecule has 3 nitrogen and oxygen atoms in total. The van der Waals surface area contributed by atoms with E-state index in [1.165, 1.54) is 18.2 Å². The minimum absolute atomic E-state index is 0.0298. The van der Waals surface area contributed by atoms with Gasteiger partial charge in [0.25, 0.3) is 0 Å². The van der Waals surface area contributed by atoms with E-state index >= 15 is 0 Å². The van der Waals surface area contributed by atoms with Crippen LogP contribution in [-0.2, 0) is 4.74 Å². The zero-order valence-corrected chi connectivity index (χ0v) is 9.99. The first-order valence-corrected chi connectivity index (χ1v) is 5.95. The maximum absolute atomic E-state index is 13.1. The van der Waals surface area contributed by atoms with E-state index in [9.17, 15) is 4.39 Å². The fourth-order valence-corrected chi connectivity index (χ4v) is 2.24. The van der Waals surface area contributed by atoms with Crippen molar-refractivity contribution in [1.82, 2.24) is 0 Å².